The van der Waals surface area contributed by atoms with Crippen LogP contribution in [0.15, 0.2) is 15.8 Å². The van der Waals surface area contributed by atoms with E-state index in [4.69, 9.17) is 0 Å². The van der Waals surface area contributed by atoms with E-state index < -0.39 is 11.2 Å². The van der Waals surface area contributed by atoms with E-state index in [-0.39, 0.29) is 0 Å². The van der Waals surface area contributed by atoms with E-state index in [1.54, 1.807) is 0 Å². The second kappa shape index (κ2) is 2.34. The Morgan fingerprint density at radius 3 is 2.90 bits per heavy atom. The first kappa shape index (κ1) is 6.53. The molecule has 1 aromatic heterocycles. The summed E-state index contributed by atoms with van der Waals surface area (Å²) in [6.45, 7) is 0. The highest BCUT2D eigenvalue weighted by Gasteiger charge is 1.90. The van der Waals surface area contributed by atoms with E-state index >= 15 is 0 Å². The zero-order valence-corrected chi connectivity index (χ0v) is 5.29. The van der Waals surface area contributed by atoms with Crippen molar-refractivity contribution in [2.24, 2.45) is 0 Å². The van der Waals surface area contributed by atoms with Gasteiger partial charge in [0.15, 0.2) is 0 Å². The molecule has 0 aromatic carbocycles. The van der Waals surface area contributed by atoms with Gasteiger partial charge in [0, 0.05) is 7.05 Å². The van der Waals surface area contributed by atoms with Crippen molar-refractivity contribution in [1.82, 2.24) is 14.9 Å². The summed E-state index contributed by atoms with van der Waals surface area (Å²) in [6.07, 6.45) is 1.01. The van der Waals surface area contributed by atoms with Gasteiger partial charge in [0.05, 0.1) is 0 Å². The van der Waals surface area contributed by atoms with Crippen LogP contribution < -0.4 is 16.7 Å². The van der Waals surface area contributed by atoms with Crippen LogP contribution >= 0.6 is 0 Å². The van der Waals surface area contributed by atoms with Gasteiger partial charge in [-0.1, -0.05) is 0 Å². The molecule has 10 heavy (non-hydrogen) atoms. The quantitative estimate of drug-likeness (QED) is 0.480. The fraction of sp³-hybridized carbons (Fsp3) is 0.250. The Morgan fingerprint density at radius 2 is 2.40 bits per heavy atom. The average molecular weight is 142 g/mol. The first-order chi connectivity index (χ1) is 4.74. The van der Waals surface area contributed by atoms with Crippen molar-refractivity contribution in [1.29, 1.82) is 0 Å². The molecule has 0 saturated carbocycles. The number of nitrogens with zero attached hydrogens (tertiary/aromatic N) is 2. The number of aromatic nitrogens is 3. The van der Waals surface area contributed by atoms with Crippen LogP contribution in [0.2, 0.25) is 0 Å². The third-order valence-electron chi connectivity index (χ3n) is 0.925. The molecular formula is C4H6N4O2. The van der Waals surface area contributed by atoms with Gasteiger partial charge in [0.2, 0.25) is 0 Å². The number of aromatic amines is 1. The van der Waals surface area contributed by atoms with Crippen molar-refractivity contribution < 1.29 is 0 Å². The van der Waals surface area contributed by atoms with Gasteiger partial charge in [-0.05, 0) is 0 Å². The van der Waals surface area contributed by atoms with Gasteiger partial charge in [0.1, 0.15) is 6.20 Å². The molecule has 0 aliphatic carbocycles. The first-order valence-corrected chi connectivity index (χ1v) is 2.60. The molecule has 0 amide bonds. The van der Waals surface area contributed by atoms with Gasteiger partial charge in [-0.25, -0.2) is 4.79 Å². The van der Waals surface area contributed by atoms with E-state index in [9.17, 15) is 9.59 Å². The van der Waals surface area contributed by atoms with Crippen molar-refractivity contribution in [2.75, 3.05) is 12.5 Å². The highest BCUT2D eigenvalue weighted by molar-refractivity contribution is 4.70. The Hall–Kier alpha value is -1.59. The van der Waals surface area contributed by atoms with E-state index in [1.165, 1.54) is 7.05 Å². The van der Waals surface area contributed by atoms with Crippen molar-refractivity contribution in [3.63, 3.8) is 0 Å². The van der Waals surface area contributed by atoms with E-state index in [1.807, 2.05) is 4.98 Å². The first-order valence-electron chi connectivity index (χ1n) is 2.60. The van der Waals surface area contributed by atoms with Crippen LogP contribution in [0.4, 0.5) is 0 Å². The molecule has 1 rings (SSSR count). The van der Waals surface area contributed by atoms with Gasteiger partial charge in [0.25, 0.3) is 5.56 Å². The van der Waals surface area contributed by atoms with Crippen LogP contribution in [-0.4, -0.2) is 21.9 Å². The molecule has 0 fully saturated rings. The third-order valence-corrected chi connectivity index (χ3v) is 0.925. The lowest BCUT2D eigenvalue weighted by Crippen LogP contribution is -2.35. The van der Waals surface area contributed by atoms with Crippen molar-refractivity contribution in [2.45, 2.75) is 0 Å². The van der Waals surface area contributed by atoms with Crippen LogP contribution in [-0.2, 0) is 0 Å². The fourth-order valence-electron chi connectivity index (χ4n) is 0.513. The molecule has 0 aliphatic rings. The molecule has 0 spiro atoms. The summed E-state index contributed by atoms with van der Waals surface area (Å²) in [6, 6.07) is 0. The number of rotatable bonds is 1. The van der Waals surface area contributed by atoms with Crippen molar-refractivity contribution >= 4 is 0 Å². The minimum Gasteiger partial charge on any atom is -0.308 e. The Kier molecular flexibility index (Phi) is 1.53. The SMILES string of the molecule is CNn1ncc(=O)[nH]c1=O. The summed E-state index contributed by atoms with van der Waals surface area (Å²) in [5, 5.41) is 3.45. The Bertz CT molecular complexity index is 325. The Balaban J connectivity index is 3.34. The monoisotopic (exact) mass is 142 g/mol. The van der Waals surface area contributed by atoms with E-state index in [2.05, 4.69) is 10.5 Å². The van der Waals surface area contributed by atoms with Crippen molar-refractivity contribution in [3.8, 4) is 0 Å². The normalized spacial score (nSPS) is 9.30. The maximum absolute atomic E-state index is 10.7. The maximum Gasteiger partial charge on any atom is 0.364 e. The largest absolute Gasteiger partial charge is 0.364 e. The lowest BCUT2D eigenvalue weighted by atomic mass is 10.9. The molecule has 1 aromatic rings. The molecular weight excluding hydrogens is 136 g/mol. The molecule has 2 N–H and O–H groups in total. The highest BCUT2D eigenvalue weighted by atomic mass is 16.2. The molecule has 0 bridgehead atoms. The standard InChI is InChI=1S/C4H6N4O2/c1-5-8-4(10)7-3(9)2-6-8/h2,5H,1H3,(H,7,9,10). The minimum atomic E-state index is -0.574. The van der Waals surface area contributed by atoms with Gasteiger partial charge in [-0.2, -0.15) is 5.10 Å². The summed E-state index contributed by atoms with van der Waals surface area (Å²) < 4.78 is 0. The smallest absolute Gasteiger partial charge is 0.308 e. The summed E-state index contributed by atoms with van der Waals surface area (Å²) in [5.41, 5.74) is 1.37. The Morgan fingerprint density at radius 1 is 1.70 bits per heavy atom. The lowest BCUT2D eigenvalue weighted by Gasteiger charge is -1.97. The predicted molar refractivity (Wildman–Crippen MR) is 34.4 cm³/mol. The van der Waals surface area contributed by atoms with Crippen LogP contribution in [0.5, 0.6) is 0 Å². The lowest BCUT2D eigenvalue weighted by molar-refractivity contribution is 0.679. The Labute approximate surface area is 55.5 Å². The average Bonchev–Trinajstić information content (AvgIpc) is 1.88. The molecule has 6 heteroatoms. The minimum absolute atomic E-state index is 0.503. The van der Waals surface area contributed by atoms with Gasteiger partial charge in [-0.3, -0.25) is 9.78 Å². The summed E-state index contributed by atoms with van der Waals surface area (Å²) >= 11 is 0. The van der Waals surface area contributed by atoms with Crippen LogP contribution in [0.1, 0.15) is 0 Å². The summed E-state index contributed by atoms with van der Waals surface area (Å²) in [7, 11) is 1.52. The number of hydrogen-bond acceptors (Lipinski definition) is 4. The molecule has 0 atom stereocenters. The zero-order valence-electron chi connectivity index (χ0n) is 5.29. The topological polar surface area (TPSA) is 79.8 Å². The van der Waals surface area contributed by atoms with Crippen molar-refractivity contribution in [3.05, 3.63) is 27.0 Å². The predicted octanol–water partition coefficient (Wildman–Crippen LogP) is -1.90. The fourth-order valence-corrected chi connectivity index (χ4v) is 0.513. The molecule has 0 radical (unpaired) electrons. The van der Waals surface area contributed by atoms with Gasteiger partial charge >= 0.3 is 5.69 Å². The zero-order chi connectivity index (χ0) is 7.56. The summed E-state index contributed by atoms with van der Waals surface area (Å²) in [4.78, 5) is 24.0. The second-order valence-electron chi connectivity index (χ2n) is 1.57. The number of H-pyrrole nitrogens is 1. The molecule has 54 valence electrons. The van der Waals surface area contributed by atoms with E-state index in [0.717, 1.165) is 11.0 Å². The van der Waals surface area contributed by atoms with Crippen LogP contribution in [0.3, 0.4) is 0 Å². The molecule has 0 aliphatic heterocycles. The van der Waals surface area contributed by atoms with Gasteiger partial charge < -0.3 is 5.43 Å². The van der Waals surface area contributed by atoms with Gasteiger partial charge in [-0.15, -0.1) is 4.79 Å². The molecule has 0 saturated heterocycles. The summed E-state index contributed by atoms with van der Waals surface area (Å²) in [5.74, 6) is 0. The van der Waals surface area contributed by atoms with Crippen LogP contribution in [0.25, 0.3) is 0 Å². The second-order valence-corrected chi connectivity index (χ2v) is 1.57. The number of nitrogens with one attached hydrogen (secondary N) is 2. The molecule has 0 unspecified atom stereocenters. The molecule has 6 nitrogen and oxygen atoms in total. The maximum atomic E-state index is 10.7. The molecule has 1 heterocycles. The van der Waals surface area contributed by atoms with E-state index in [0.29, 0.717) is 0 Å². The highest BCUT2D eigenvalue weighted by Crippen LogP contribution is 1.53. The number of hydrogen-bond donors (Lipinski definition) is 2. The third kappa shape index (κ3) is 1.04. The van der Waals surface area contributed by atoms with Crippen LogP contribution in [0, 0.1) is 0 Å².